The normalized spacial score (nSPS) is 22.6. The molecule has 0 rings (SSSR count). The van der Waals surface area contributed by atoms with Gasteiger partial charge in [-0.3, -0.25) is 0 Å². The van der Waals surface area contributed by atoms with Crippen molar-refractivity contribution in [3.05, 3.63) is 0 Å². The molecule has 0 aliphatic carbocycles. The van der Waals surface area contributed by atoms with E-state index in [4.69, 9.17) is 64.1 Å². The van der Waals surface area contributed by atoms with Crippen LogP contribution in [0.25, 0.3) is 0 Å². The predicted molar refractivity (Wildman–Crippen MR) is 71.4 cm³/mol. The van der Waals surface area contributed by atoms with Crippen LogP contribution < -0.4 is 0 Å². The van der Waals surface area contributed by atoms with Crippen molar-refractivity contribution >= 4 is 55.5 Å². The van der Waals surface area contributed by atoms with Gasteiger partial charge in [-0.05, 0) is 27.7 Å². The van der Waals surface area contributed by atoms with Crippen molar-refractivity contribution in [2.75, 3.05) is 0 Å². The van der Waals surface area contributed by atoms with Crippen LogP contribution in [0, 0.1) is 0 Å². The highest BCUT2D eigenvalue weighted by Crippen LogP contribution is 2.24. The van der Waals surface area contributed by atoms with E-state index < -0.39 is 31.3 Å². The van der Waals surface area contributed by atoms with Crippen molar-refractivity contribution in [1.82, 2.24) is 0 Å². The van der Waals surface area contributed by atoms with E-state index >= 15 is 0 Å². The number of hydrogen-bond donors (Lipinski definition) is 0. The molecular weight excluding hydrogens is 330 g/mol. The first kappa shape index (κ1) is 18.2. The third kappa shape index (κ3) is 8.86. The molecule has 17 heavy (non-hydrogen) atoms. The van der Waals surface area contributed by atoms with E-state index in [0.29, 0.717) is 0 Å². The van der Waals surface area contributed by atoms with Crippen molar-refractivity contribution in [2.24, 2.45) is 0 Å². The van der Waals surface area contributed by atoms with Crippen LogP contribution in [0.3, 0.4) is 0 Å². The lowest BCUT2D eigenvalue weighted by Crippen LogP contribution is -2.53. The van der Waals surface area contributed by atoms with Gasteiger partial charge >= 0.3 is 9.05 Å². The number of alkyl halides is 4. The first-order valence-electron chi connectivity index (χ1n) is 4.94. The van der Waals surface area contributed by atoms with Gasteiger partial charge in [0, 0.05) is 0 Å². The Morgan fingerprint density at radius 3 is 0.882 bits per heavy atom. The second kappa shape index (κ2) is 8.40. The lowest BCUT2D eigenvalue weighted by atomic mass is 10.9. The van der Waals surface area contributed by atoms with Crippen LogP contribution in [0.1, 0.15) is 27.7 Å². The molecule has 0 saturated carbocycles. The molecule has 0 aromatic heterocycles. The molecule has 4 unspecified atom stereocenters. The van der Waals surface area contributed by atoms with Crippen LogP contribution in [-0.2, 0) is 17.7 Å². The summed E-state index contributed by atoms with van der Waals surface area (Å²) < 4.78 is 21.4. The minimum atomic E-state index is -3.58. The highest BCUT2D eigenvalue weighted by atomic mass is 35.5. The highest BCUT2D eigenvalue weighted by molar-refractivity contribution is 6.56. The molecule has 0 aromatic rings. The van der Waals surface area contributed by atoms with E-state index in [1.165, 1.54) is 0 Å². The van der Waals surface area contributed by atoms with Crippen molar-refractivity contribution in [3.8, 4) is 0 Å². The van der Waals surface area contributed by atoms with Gasteiger partial charge in [-0.2, -0.15) is 0 Å². The van der Waals surface area contributed by atoms with Gasteiger partial charge in [0.05, 0.1) is 0 Å². The predicted octanol–water partition coefficient (Wildman–Crippen LogP) is 3.83. The maximum atomic E-state index is 5.76. The average molecular weight is 346 g/mol. The van der Waals surface area contributed by atoms with Gasteiger partial charge in [-0.25, -0.2) is 0 Å². The second-order valence-electron chi connectivity index (χ2n) is 3.14. The van der Waals surface area contributed by atoms with Gasteiger partial charge in [0.25, 0.3) is 0 Å². The van der Waals surface area contributed by atoms with Crippen LogP contribution in [0.15, 0.2) is 0 Å². The van der Waals surface area contributed by atoms with Crippen molar-refractivity contribution in [2.45, 2.75) is 49.9 Å². The van der Waals surface area contributed by atoms with Crippen molar-refractivity contribution < 1.29 is 17.7 Å². The van der Waals surface area contributed by atoms with Crippen LogP contribution in [0.2, 0.25) is 0 Å². The molecule has 9 heteroatoms. The summed E-state index contributed by atoms with van der Waals surface area (Å²) in [6.45, 7) is 6.37. The Bertz CT molecular complexity index is 170. The van der Waals surface area contributed by atoms with Crippen LogP contribution in [0.5, 0.6) is 0 Å². The molecular formula is C8H16Cl4O4Si. The third-order valence-electron chi connectivity index (χ3n) is 1.23. The maximum Gasteiger partial charge on any atom is 0.684 e. The van der Waals surface area contributed by atoms with E-state index in [2.05, 4.69) is 0 Å². The summed E-state index contributed by atoms with van der Waals surface area (Å²) >= 11 is 23.0. The molecule has 0 bridgehead atoms. The summed E-state index contributed by atoms with van der Waals surface area (Å²) in [6.07, 6.45) is 0. The van der Waals surface area contributed by atoms with Crippen LogP contribution in [0.4, 0.5) is 0 Å². The summed E-state index contributed by atoms with van der Waals surface area (Å²) in [5.74, 6) is 0. The molecule has 0 aliphatic heterocycles. The Morgan fingerprint density at radius 1 is 0.588 bits per heavy atom. The molecule has 0 aliphatic rings. The number of halogens is 4. The topological polar surface area (TPSA) is 36.9 Å². The largest absolute Gasteiger partial charge is 0.684 e. The Hall–Kier alpha value is 1.22. The summed E-state index contributed by atoms with van der Waals surface area (Å²) in [5.41, 5.74) is -2.77. The van der Waals surface area contributed by atoms with Crippen molar-refractivity contribution in [1.29, 1.82) is 0 Å². The Morgan fingerprint density at radius 2 is 0.765 bits per heavy atom. The molecule has 4 nitrogen and oxygen atoms in total. The zero-order valence-corrected chi connectivity index (χ0v) is 14.0. The van der Waals surface area contributed by atoms with Gasteiger partial charge in [0.1, 0.15) is 22.3 Å². The second-order valence-corrected chi connectivity index (χ2v) is 7.54. The van der Waals surface area contributed by atoms with Crippen molar-refractivity contribution in [3.63, 3.8) is 0 Å². The average Bonchev–Trinajstić information content (AvgIpc) is 1.95. The summed E-state index contributed by atoms with van der Waals surface area (Å²) in [7, 11) is -3.58. The van der Waals surface area contributed by atoms with Gasteiger partial charge in [0.2, 0.25) is 0 Å². The zero-order valence-electron chi connectivity index (χ0n) is 9.95. The molecule has 0 amide bonds. The third-order valence-corrected chi connectivity index (χ3v) is 4.75. The van der Waals surface area contributed by atoms with Gasteiger partial charge in [0.15, 0.2) is 0 Å². The Balaban J connectivity index is 4.89. The molecule has 0 N–H and O–H groups in total. The quantitative estimate of drug-likeness (QED) is 0.495. The fourth-order valence-electron chi connectivity index (χ4n) is 0.962. The van der Waals surface area contributed by atoms with Crippen LogP contribution >= 0.6 is 46.4 Å². The van der Waals surface area contributed by atoms with E-state index in [9.17, 15) is 0 Å². The minimum absolute atomic E-state index is 0.692. The summed E-state index contributed by atoms with van der Waals surface area (Å²) in [5, 5.41) is 0. The molecule has 0 heterocycles. The van der Waals surface area contributed by atoms with E-state index in [1.807, 2.05) is 0 Å². The smallest absolute Gasteiger partial charge is 0.334 e. The SMILES string of the molecule is CC(Cl)O[Si](OC(C)Cl)(OC(C)Cl)OC(C)Cl. The first-order chi connectivity index (χ1) is 7.67. The first-order valence-corrected chi connectivity index (χ1v) is 8.32. The van der Waals surface area contributed by atoms with Gasteiger partial charge in [-0.15, -0.1) is 0 Å². The maximum absolute atomic E-state index is 5.76. The summed E-state index contributed by atoms with van der Waals surface area (Å²) in [6, 6.07) is 0. The van der Waals surface area contributed by atoms with E-state index in [1.54, 1.807) is 27.7 Å². The molecule has 0 spiro atoms. The molecule has 0 saturated heterocycles. The molecule has 104 valence electrons. The Labute approximate surface area is 123 Å². The molecule has 0 fully saturated rings. The molecule has 4 atom stereocenters. The summed E-state index contributed by atoms with van der Waals surface area (Å²) in [4.78, 5) is 0. The zero-order chi connectivity index (χ0) is 13.6. The molecule has 0 aromatic carbocycles. The van der Waals surface area contributed by atoms with E-state index in [-0.39, 0.29) is 0 Å². The standard InChI is InChI=1S/C8H16Cl4O4Si/c1-5(9)13-17(14-6(2)10,15-7(3)11)16-8(4)12/h5-8H,1-4H3. The highest BCUT2D eigenvalue weighted by Gasteiger charge is 2.51. The Kier molecular flexibility index (Phi) is 9.00. The fraction of sp³-hybridized carbons (Fsp3) is 1.00. The minimum Gasteiger partial charge on any atom is -0.334 e. The number of hydrogen-bond acceptors (Lipinski definition) is 4. The monoisotopic (exact) mass is 344 g/mol. The molecule has 0 radical (unpaired) electrons. The van der Waals surface area contributed by atoms with Crippen LogP contribution in [-0.4, -0.2) is 31.3 Å². The van der Waals surface area contributed by atoms with Gasteiger partial charge in [-0.1, -0.05) is 46.4 Å². The fourth-order valence-corrected chi connectivity index (χ4v) is 4.20. The number of rotatable bonds is 8. The lowest BCUT2D eigenvalue weighted by Gasteiger charge is -2.31. The lowest BCUT2D eigenvalue weighted by molar-refractivity contribution is -0.0514. The van der Waals surface area contributed by atoms with Gasteiger partial charge < -0.3 is 17.7 Å². The van der Waals surface area contributed by atoms with E-state index in [0.717, 1.165) is 0 Å².